The van der Waals surface area contributed by atoms with E-state index in [-0.39, 0.29) is 12.3 Å². The smallest absolute Gasteiger partial charge is 0.228 e. The maximum atomic E-state index is 12.4. The molecule has 1 aromatic heterocycles. The van der Waals surface area contributed by atoms with Gasteiger partial charge < -0.3 is 20.1 Å². The molecular formula is C26H29N3O3. The number of piperidine rings is 1. The number of methoxy groups -OCH3 is 1. The molecule has 1 saturated heterocycles. The number of amides is 1. The number of rotatable bonds is 7. The van der Waals surface area contributed by atoms with Gasteiger partial charge in [-0.2, -0.15) is 0 Å². The second-order valence-electron chi connectivity index (χ2n) is 8.06. The number of benzene rings is 2. The molecule has 0 spiro atoms. The molecule has 0 bridgehead atoms. The second kappa shape index (κ2) is 10.3. The lowest BCUT2D eigenvalue weighted by atomic mass is 9.94. The summed E-state index contributed by atoms with van der Waals surface area (Å²) in [5, 5.41) is 6.32. The average Bonchev–Trinajstić information content (AvgIpc) is 2.81. The molecule has 0 aliphatic carbocycles. The van der Waals surface area contributed by atoms with Gasteiger partial charge in [0.15, 0.2) is 0 Å². The summed E-state index contributed by atoms with van der Waals surface area (Å²) in [6, 6.07) is 18.9. The highest BCUT2D eigenvalue weighted by atomic mass is 16.5. The minimum atomic E-state index is -0.0976. The van der Waals surface area contributed by atoms with E-state index >= 15 is 0 Å². The fraction of sp³-hybridized carbons (Fsp3) is 0.308. The van der Waals surface area contributed by atoms with E-state index in [1.807, 2.05) is 67.6 Å². The number of hydrogen-bond acceptors (Lipinski definition) is 5. The molecule has 2 heterocycles. The van der Waals surface area contributed by atoms with Gasteiger partial charge in [0, 0.05) is 40.7 Å². The molecule has 1 aliphatic heterocycles. The lowest BCUT2D eigenvalue weighted by molar-refractivity contribution is -0.115. The van der Waals surface area contributed by atoms with Crippen molar-refractivity contribution in [3.63, 3.8) is 0 Å². The molecule has 0 unspecified atom stereocenters. The van der Waals surface area contributed by atoms with Gasteiger partial charge in [-0.25, -0.2) is 0 Å². The van der Waals surface area contributed by atoms with Crippen LogP contribution in [0.15, 0.2) is 60.7 Å². The van der Waals surface area contributed by atoms with Gasteiger partial charge in [0.2, 0.25) is 5.91 Å². The molecular weight excluding hydrogens is 402 g/mol. The number of pyridine rings is 1. The van der Waals surface area contributed by atoms with Crippen molar-refractivity contribution in [1.29, 1.82) is 0 Å². The van der Waals surface area contributed by atoms with Crippen molar-refractivity contribution in [2.75, 3.05) is 25.5 Å². The van der Waals surface area contributed by atoms with Crippen LogP contribution >= 0.6 is 0 Å². The summed E-state index contributed by atoms with van der Waals surface area (Å²) in [6.45, 7) is 4.05. The first-order valence-corrected chi connectivity index (χ1v) is 11.0. The Morgan fingerprint density at radius 1 is 1.06 bits per heavy atom. The van der Waals surface area contributed by atoms with Crippen molar-refractivity contribution < 1.29 is 14.3 Å². The number of aryl methyl sites for hydroxylation is 1. The third kappa shape index (κ3) is 5.65. The Morgan fingerprint density at radius 3 is 2.56 bits per heavy atom. The topological polar surface area (TPSA) is 72.5 Å². The molecule has 6 heteroatoms. The molecule has 3 aromatic rings. The Bertz CT molecular complexity index is 1060. The van der Waals surface area contributed by atoms with E-state index in [1.54, 1.807) is 7.11 Å². The zero-order chi connectivity index (χ0) is 22.3. The Labute approximate surface area is 189 Å². The Morgan fingerprint density at radius 2 is 1.81 bits per heavy atom. The predicted molar refractivity (Wildman–Crippen MR) is 126 cm³/mol. The Kier molecular flexibility index (Phi) is 7.02. The third-order valence-electron chi connectivity index (χ3n) is 5.62. The van der Waals surface area contributed by atoms with E-state index in [0.29, 0.717) is 11.7 Å². The molecule has 32 heavy (non-hydrogen) atoms. The van der Waals surface area contributed by atoms with Crippen molar-refractivity contribution in [3.05, 3.63) is 77.6 Å². The fourth-order valence-corrected chi connectivity index (χ4v) is 4.02. The van der Waals surface area contributed by atoms with Crippen molar-refractivity contribution >= 4 is 11.6 Å². The van der Waals surface area contributed by atoms with Crippen LogP contribution in [0.4, 0.5) is 5.69 Å². The van der Waals surface area contributed by atoms with Crippen molar-refractivity contribution in [2.24, 2.45) is 0 Å². The third-order valence-corrected chi connectivity index (χ3v) is 5.62. The molecule has 4 rings (SSSR count). The first kappa shape index (κ1) is 21.8. The summed E-state index contributed by atoms with van der Waals surface area (Å²) in [5.74, 6) is 2.59. The summed E-state index contributed by atoms with van der Waals surface area (Å²) >= 11 is 0. The van der Waals surface area contributed by atoms with Crippen LogP contribution in [0.3, 0.4) is 0 Å². The van der Waals surface area contributed by atoms with Crippen LogP contribution in [0.25, 0.3) is 0 Å². The highest BCUT2D eigenvalue weighted by molar-refractivity contribution is 5.92. The second-order valence-corrected chi connectivity index (χ2v) is 8.06. The van der Waals surface area contributed by atoms with Gasteiger partial charge in [0.05, 0.1) is 13.5 Å². The largest absolute Gasteiger partial charge is 0.496 e. The summed E-state index contributed by atoms with van der Waals surface area (Å²) in [4.78, 5) is 17.2. The van der Waals surface area contributed by atoms with E-state index in [1.165, 1.54) is 0 Å². The van der Waals surface area contributed by atoms with E-state index in [4.69, 9.17) is 14.5 Å². The Hall–Kier alpha value is -3.38. The summed E-state index contributed by atoms with van der Waals surface area (Å²) in [5.41, 5.74) is 3.63. The van der Waals surface area contributed by atoms with Crippen LogP contribution < -0.4 is 20.1 Å². The van der Waals surface area contributed by atoms with Crippen LogP contribution in [0.1, 0.15) is 35.7 Å². The number of carbonyl (C=O) groups is 1. The van der Waals surface area contributed by atoms with Gasteiger partial charge >= 0.3 is 0 Å². The van der Waals surface area contributed by atoms with Crippen LogP contribution in [0.5, 0.6) is 17.2 Å². The zero-order valence-corrected chi connectivity index (χ0v) is 18.6. The van der Waals surface area contributed by atoms with E-state index in [2.05, 4.69) is 10.6 Å². The molecule has 0 saturated carbocycles. The molecule has 1 aliphatic rings. The standard InChI is InChI=1S/C26H29N3O3/c1-18-15-23(17-24(28-18)19-11-13-27-14-12-19)32-22-9-7-21(8-10-22)29-26(30)16-20-5-3-4-6-25(20)31-2/h3-10,15,17,19,27H,11-14,16H2,1-2H3,(H,29,30). The monoisotopic (exact) mass is 431 g/mol. The minimum Gasteiger partial charge on any atom is -0.496 e. The van der Waals surface area contributed by atoms with Crippen LogP contribution in [0, 0.1) is 6.92 Å². The van der Waals surface area contributed by atoms with E-state index < -0.39 is 0 Å². The van der Waals surface area contributed by atoms with Gasteiger partial charge in [-0.1, -0.05) is 18.2 Å². The predicted octanol–water partition coefficient (Wildman–Crippen LogP) is 4.84. The van der Waals surface area contributed by atoms with Crippen molar-refractivity contribution in [1.82, 2.24) is 10.3 Å². The molecule has 2 aromatic carbocycles. The number of nitrogens with one attached hydrogen (secondary N) is 2. The van der Waals surface area contributed by atoms with Gasteiger partial charge in [-0.05, 0) is 63.2 Å². The minimum absolute atomic E-state index is 0.0976. The van der Waals surface area contributed by atoms with Gasteiger partial charge in [-0.15, -0.1) is 0 Å². The van der Waals surface area contributed by atoms with E-state index in [9.17, 15) is 4.79 Å². The molecule has 0 atom stereocenters. The van der Waals surface area contributed by atoms with Crippen LogP contribution in [-0.2, 0) is 11.2 Å². The van der Waals surface area contributed by atoms with E-state index in [0.717, 1.165) is 60.1 Å². The molecule has 2 N–H and O–H groups in total. The number of carbonyl (C=O) groups excluding carboxylic acids is 1. The van der Waals surface area contributed by atoms with Gasteiger partial charge in [0.25, 0.3) is 0 Å². The lowest BCUT2D eigenvalue weighted by Gasteiger charge is -2.22. The summed E-state index contributed by atoms with van der Waals surface area (Å²) in [7, 11) is 1.61. The quantitative estimate of drug-likeness (QED) is 0.560. The van der Waals surface area contributed by atoms with Crippen LogP contribution in [0.2, 0.25) is 0 Å². The number of nitrogens with zero attached hydrogens (tertiary/aromatic N) is 1. The number of anilines is 1. The number of para-hydroxylation sites is 1. The van der Waals surface area contributed by atoms with Gasteiger partial charge in [-0.3, -0.25) is 9.78 Å². The first-order valence-electron chi connectivity index (χ1n) is 11.0. The highest BCUT2D eigenvalue weighted by Crippen LogP contribution is 2.30. The van der Waals surface area contributed by atoms with Crippen molar-refractivity contribution in [3.8, 4) is 17.2 Å². The molecule has 6 nitrogen and oxygen atoms in total. The molecule has 0 radical (unpaired) electrons. The first-order chi connectivity index (χ1) is 15.6. The highest BCUT2D eigenvalue weighted by Gasteiger charge is 2.18. The fourth-order valence-electron chi connectivity index (χ4n) is 4.02. The maximum Gasteiger partial charge on any atom is 0.228 e. The number of hydrogen-bond donors (Lipinski definition) is 2. The zero-order valence-electron chi connectivity index (χ0n) is 18.6. The average molecular weight is 432 g/mol. The molecule has 166 valence electrons. The molecule has 1 fully saturated rings. The van der Waals surface area contributed by atoms with Crippen molar-refractivity contribution in [2.45, 2.75) is 32.1 Å². The maximum absolute atomic E-state index is 12.4. The summed E-state index contributed by atoms with van der Waals surface area (Å²) < 4.78 is 11.4. The van der Waals surface area contributed by atoms with Crippen LogP contribution in [-0.4, -0.2) is 31.1 Å². The number of ether oxygens (including phenoxy) is 2. The molecule has 1 amide bonds. The lowest BCUT2D eigenvalue weighted by Crippen LogP contribution is -2.27. The summed E-state index contributed by atoms with van der Waals surface area (Å²) in [6.07, 6.45) is 2.44. The number of aromatic nitrogens is 1. The van der Waals surface area contributed by atoms with Gasteiger partial charge in [0.1, 0.15) is 17.2 Å². The Balaban J connectivity index is 1.38. The SMILES string of the molecule is COc1ccccc1CC(=O)Nc1ccc(Oc2cc(C)nc(C3CCNCC3)c2)cc1. The normalized spacial score (nSPS) is 14.1.